The van der Waals surface area contributed by atoms with Crippen molar-refractivity contribution in [3.63, 3.8) is 0 Å². The highest BCUT2D eigenvalue weighted by Crippen LogP contribution is 2.26. The van der Waals surface area contributed by atoms with Crippen molar-refractivity contribution in [1.82, 2.24) is 14.5 Å². The molecule has 2 aromatic rings. The van der Waals surface area contributed by atoms with Crippen molar-refractivity contribution in [3.8, 4) is 0 Å². The minimum Gasteiger partial charge on any atom is -0.462 e. The van der Waals surface area contributed by atoms with Gasteiger partial charge in [0.2, 0.25) is 0 Å². The zero-order valence-corrected chi connectivity index (χ0v) is 17.6. The Morgan fingerprint density at radius 2 is 1.96 bits per heavy atom. The quantitative estimate of drug-likeness (QED) is 0.455. The number of aromatic nitrogens is 2. The molecule has 0 unspecified atom stereocenters. The van der Waals surface area contributed by atoms with E-state index < -0.39 is 5.97 Å². The highest BCUT2D eigenvalue weighted by Gasteiger charge is 2.19. The minimum absolute atomic E-state index is 0.145. The molecule has 0 aliphatic rings. The van der Waals surface area contributed by atoms with E-state index >= 15 is 0 Å². The van der Waals surface area contributed by atoms with Gasteiger partial charge >= 0.3 is 5.97 Å². The summed E-state index contributed by atoms with van der Waals surface area (Å²) >= 11 is 1.51. The second-order valence-electron chi connectivity index (χ2n) is 6.81. The highest BCUT2D eigenvalue weighted by molar-refractivity contribution is 7.18. The molecule has 0 radical (unpaired) electrons. The second kappa shape index (κ2) is 9.96. The summed E-state index contributed by atoms with van der Waals surface area (Å²) in [6, 6.07) is 0. The first-order valence-corrected chi connectivity index (χ1v) is 10.0. The molecule has 0 amide bonds. The van der Waals surface area contributed by atoms with Crippen molar-refractivity contribution in [2.24, 2.45) is 0 Å². The molecule has 0 atom stereocenters. The SMILES string of the molecule is CCCCOCCOC(=O)Cn1c(CN(C)C)nc2sc(C)c(C)c2c1=O. The summed E-state index contributed by atoms with van der Waals surface area (Å²) in [5.74, 6) is 0.108. The summed E-state index contributed by atoms with van der Waals surface area (Å²) in [7, 11) is 3.80. The molecule has 0 bridgehead atoms. The number of esters is 1. The van der Waals surface area contributed by atoms with E-state index in [1.54, 1.807) is 0 Å². The second-order valence-corrected chi connectivity index (χ2v) is 8.01. The molecule has 0 fully saturated rings. The summed E-state index contributed by atoms with van der Waals surface area (Å²) in [5.41, 5.74) is 0.741. The first-order chi connectivity index (χ1) is 12.8. The van der Waals surface area contributed by atoms with E-state index in [2.05, 4.69) is 11.9 Å². The molecule has 2 rings (SSSR count). The number of unbranched alkanes of at least 4 members (excludes halogenated alkanes) is 1. The van der Waals surface area contributed by atoms with Crippen LogP contribution in [0.1, 0.15) is 36.0 Å². The Bertz CT molecular complexity index is 842. The van der Waals surface area contributed by atoms with Gasteiger partial charge in [-0.05, 0) is 39.9 Å². The minimum atomic E-state index is -0.457. The molecule has 27 heavy (non-hydrogen) atoms. The number of rotatable bonds is 10. The molecule has 0 aliphatic carbocycles. The maximum absolute atomic E-state index is 13.0. The predicted octanol–water partition coefficient (Wildman–Crippen LogP) is 2.50. The Morgan fingerprint density at radius 3 is 2.63 bits per heavy atom. The summed E-state index contributed by atoms with van der Waals surface area (Å²) in [5, 5.41) is 0.593. The zero-order chi connectivity index (χ0) is 20.0. The number of hydrogen-bond donors (Lipinski definition) is 0. The monoisotopic (exact) mass is 395 g/mol. The smallest absolute Gasteiger partial charge is 0.326 e. The van der Waals surface area contributed by atoms with E-state index in [4.69, 9.17) is 9.47 Å². The molecule has 0 aromatic carbocycles. The average molecular weight is 396 g/mol. The lowest BCUT2D eigenvalue weighted by molar-refractivity contribution is -0.146. The molecule has 0 aliphatic heterocycles. The zero-order valence-electron chi connectivity index (χ0n) is 16.8. The van der Waals surface area contributed by atoms with Crippen LogP contribution < -0.4 is 5.56 Å². The van der Waals surface area contributed by atoms with Crippen LogP contribution >= 0.6 is 11.3 Å². The van der Waals surface area contributed by atoms with Gasteiger partial charge in [0.25, 0.3) is 5.56 Å². The van der Waals surface area contributed by atoms with Gasteiger partial charge in [0.05, 0.1) is 18.5 Å². The molecule has 0 saturated carbocycles. The van der Waals surface area contributed by atoms with Gasteiger partial charge in [-0.3, -0.25) is 14.2 Å². The summed E-state index contributed by atoms with van der Waals surface area (Å²) in [6.07, 6.45) is 2.05. The van der Waals surface area contributed by atoms with Crippen molar-refractivity contribution < 1.29 is 14.3 Å². The summed E-state index contributed by atoms with van der Waals surface area (Å²) < 4.78 is 12.0. The number of ether oxygens (including phenoxy) is 2. The van der Waals surface area contributed by atoms with Gasteiger partial charge in [-0.25, -0.2) is 4.98 Å². The molecule has 0 saturated heterocycles. The fraction of sp³-hybridized carbons (Fsp3) is 0.632. The predicted molar refractivity (Wildman–Crippen MR) is 107 cm³/mol. The third-order valence-electron chi connectivity index (χ3n) is 4.25. The van der Waals surface area contributed by atoms with Crippen LogP contribution in [0.4, 0.5) is 0 Å². The van der Waals surface area contributed by atoms with Gasteiger partial charge in [0.15, 0.2) is 0 Å². The van der Waals surface area contributed by atoms with Crippen LogP contribution in [-0.4, -0.2) is 54.3 Å². The number of thiophene rings is 1. The number of aryl methyl sites for hydroxylation is 2. The number of carbonyl (C=O) groups is 1. The standard InChI is InChI=1S/C19H29N3O4S/c1-6-7-8-25-9-10-26-16(23)12-22-15(11-21(4)5)20-18-17(19(22)24)13(2)14(3)27-18/h6-12H2,1-5H3. The van der Waals surface area contributed by atoms with Crippen molar-refractivity contribution in [2.75, 3.05) is 33.9 Å². The van der Waals surface area contributed by atoms with Crippen LogP contribution in [0.15, 0.2) is 4.79 Å². The molecule has 7 nitrogen and oxygen atoms in total. The fourth-order valence-electron chi connectivity index (χ4n) is 2.67. The van der Waals surface area contributed by atoms with Crippen LogP contribution in [0.5, 0.6) is 0 Å². The highest BCUT2D eigenvalue weighted by atomic mass is 32.1. The third-order valence-corrected chi connectivity index (χ3v) is 5.35. The van der Waals surface area contributed by atoms with E-state index in [1.165, 1.54) is 15.9 Å². The lowest BCUT2D eigenvalue weighted by Crippen LogP contribution is -2.31. The first kappa shape index (κ1) is 21.5. The Hall–Kier alpha value is -1.77. The van der Waals surface area contributed by atoms with Crippen LogP contribution in [0.2, 0.25) is 0 Å². The van der Waals surface area contributed by atoms with Crippen molar-refractivity contribution in [3.05, 3.63) is 26.6 Å². The average Bonchev–Trinajstić information content (AvgIpc) is 2.88. The van der Waals surface area contributed by atoms with E-state index in [-0.39, 0.29) is 18.7 Å². The van der Waals surface area contributed by atoms with Gasteiger partial charge in [-0.1, -0.05) is 13.3 Å². The van der Waals surface area contributed by atoms with Crippen molar-refractivity contribution >= 4 is 27.5 Å². The van der Waals surface area contributed by atoms with Gasteiger partial charge in [0.1, 0.15) is 23.8 Å². The third kappa shape index (κ3) is 5.60. The fourth-order valence-corrected chi connectivity index (χ4v) is 3.71. The number of hydrogen-bond acceptors (Lipinski definition) is 7. The molecular formula is C19H29N3O4S. The molecule has 2 aromatic heterocycles. The first-order valence-electron chi connectivity index (χ1n) is 9.22. The van der Waals surface area contributed by atoms with Crippen LogP contribution in [0, 0.1) is 13.8 Å². The Labute approximate surface area is 163 Å². The van der Waals surface area contributed by atoms with E-state index in [0.29, 0.717) is 31.0 Å². The van der Waals surface area contributed by atoms with Crippen LogP contribution in [-0.2, 0) is 27.4 Å². The Morgan fingerprint density at radius 1 is 1.22 bits per heavy atom. The molecule has 2 heterocycles. The van der Waals surface area contributed by atoms with E-state index in [1.807, 2.05) is 32.8 Å². The number of fused-ring (bicyclic) bond motifs is 1. The number of nitrogens with zero attached hydrogens (tertiary/aromatic N) is 3. The topological polar surface area (TPSA) is 73.7 Å². The molecule has 150 valence electrons. The number of carbonyl (C=O) groups excluding carboxylic acids is 1. The lowest BCUT2D eigenvalue weighted by Gasteiger charge is -2.15. The maximum Gasteiger partial charge on any atom is 0.326 e. The van der Waals surface area contributed by atoms with Crippen LogP contribution in [0.25, 0.3) is 10.2 Å². The molecule has 8 heteroatoms. The normalized spacial score (nSPS) is 11.5. The largest absolute Gasteiger partial charge is 0.462 e. The van der Waals surface area contributed by atoms with Gasteiger partial charge in [0, 0.05) is 11.5 Å². The Kier molecular flexibility index (Phi) is 7.94. The Balaban J connectivity index is 2.17. The van der Waals surface area contributed by atoms with Crippen molar-refractivity contribution in [1.29, 1.82) is 0 Å². The van der Waals surface area contributed by atoms with Crippen LogP contribution in [0.3, 0.4) is 0 Å². The molecular weight excluding hydrogens is 366 g/mol. The maximum atomic E-state index is 13.0. The molecule has 0 N–H and O–H groups in total. The van der Waals surface area contributed by atoms with E-state index in [9.17, 15) is 9.59 Å². The van der Waals surface area contributed by atoms with Gasteiger partial charge in [-0.2, -0.15) is 0 Å². The lowest BCUT2D eigenvalue weighted by atomic mass is 10.2. The summed E-state index contributed by atoms with van der Waals surface area (Å²) in [4.78, 5) is 33.6. The van der Waals surface area contributed by atoms with Gasteiger partial charge in [-0.15, -0.1) is 11.3 Å². The van der Waals surface area contributed by atoms with Crippen molar-refractivity contribution in [2.45, 2.75) is 46.7 Å². The van der Waals surface area contributed by atoms with E-state index in [0.717, 1.165) is 28.1 Å². The van der Waals surface area contributed by atoms with Gasteiger partial charge < -0.3 is 14.4 Å². The summed E-state index contributed by atoms with van der Waals surface area (Å²) in [6.45, 7) is 7.52. The molecule has 0 spiro atoms.